The summed E-state index contributed by atoms with van der Waals surface area (Å²) in [5, 5.41) is 6.17. The second-order valence-electron chi connectivity index (χ2n) is 11.7. The molecule has 1 aromatic heterocycles. The van der Waals surface area contributed by atoms with Gasteiger partial charge in [0, 0.05) is 54.9 Å². The topological polar surface area (TPSA) is 96.3 Å². The summed E-state index contributed by atoms with van der Waals surface area (Å²) in [6.07, 6.45) is 6.20. The fourth-order valence-electron chi connectivity index (χ4n) is 5.57. The third-order valence-corrected chi connectivity index (χ3v) is 8.53. The number of carbonyl (C=O) groups excluding carboxylic acids is 2. The van der Waals surface area contributed by atoms with Crippen LogP contribution in [0.25, 0.3) is 11.3 Å². The number of carbonyl (C=O) groups is 2. The molecule has 8 heteroatoms. The van der Waals surface area contributed by atoms with Crippen LogP contribution < -0.4 is 16.2 Å². The minimum Gasteiger partial charge on any atom is -0.342 e. The van der Waals surface area contributed by atoms with Crippen molar-refractivity contribution in [1.29, 1.82) is 0 Å². The number of aryl methyl sites for hydroxylation is 1. The van der Waals surface area contributed by atoms with E-state index < -0.39 is 0 Å². The average Bonchev–Trinajstić information content (AvgIpc) is 2.99. The number of nitrogens with zero attached hydrogens (tertiary/aromatic N) is 3. The van der Waals surface area contributed by atoms with Gasteiger partial charge in [-0.1, -0.05) is 44.5 Å². The SMILES string of the molecule is CCCN(C)C(=O)c1ccc(Nc2nc(-c3cccc(NC(=O)c4ccc(C5(C)CCC5)cc4)c3C)cn(C)c2=O)cc1. The maximum Gasteiger partial charge on any atom is 0.293 e. The maximum absolute atomic E-state index is 13.1. The van der Waals surface area contributed by atoms with E-state index in [1.165, 1.54) is 29.4 Å². The van der Waals surface area contributed by atoms with Gasteiger partial charge in [-0.2, -0.15) is 0 Å². The van der Waals surface area contributed by atoms with Crippen molar-refractivity contribution in [3.8, 4) is 11.3 Å². The monoisotopic (exact) mass is 577 g/mol. The molecule has 43 heavy (non-hydrogen) atoms. The quantitative estimate of drug-likeness (QED) is 0.232. The molecule has 1 aliphatic carbocycles. The van der Waals surface area contributed by atoms with Crippen molar-refractivity contribution < 1.29 is 9.59 Å². The minimum absolute atomic E-state index is 0.0492. The fraction of sp³-hybridized carbons (Fsp3) is 0.314. The van der Waals surface area contributed by atoms with Crippen LogP contribution in [0.15, 0.2) is 77.7 Å². The van der Waals surface area contributed by atoms with Crippen molar-refractivity contribution in [2.24, 2.45) is 7.05 Å². The number of nitrogens with one attached hydrogen (secondary N) is 2. The fourth-order valence-corrected chi connectivity index (χ4v) is 5.57. The van der Waals surface area contributed by atoms with Gasteiger partial charge in [-0.15, -0.1) is 0 Å². The molecule has 1 saturated carbocycles. The van der Waals surface area contributed by atoms with Gasteiger partial charge in [0.2, 0.25) is 0 Å². The number of amides is 2. The summed E-state index contributed by atoms with van der Waals surface area (Å²) >= 11 is 0. The van der Waals surface area contributed by atoms with Crippen molar-refractivity contribution in [2.75, 3.05) is 24.2 Å². The zero-order valence-corrected chi connectivity index (χ0v) is 25.5. The Kier molecular flexibility index (Phi) is 8.48. The molecule has 0 aliphatic heterocycles. The molecule has 2 N–H and O–H groups in total. The van der Waals surface area contributed by atoms with Crippen LogP contribution in [-0.2, 0) is 12.5 Å². The van der Waals surface area contributed by atoms with Crippen molar-refractivity contribution >= 4 is 29.0 Å². The second-order valence-corrected chi connectivity index (χ2v) is 11.7. The van der Waals surface area contributed by atoms with Gasteiger partial charge in [-0.25, -0.2) is 4.98 Å². The molecular weight excluding hydrogens is 538 g/mol. The first-order chi connectivity index (χ1) is 20.6. The summed E-state index contributed by atoms with van der Waals surface area (Å²) in [7, 11) is 3.46. The Hall–Kier alpha value is -4.72. The summed E-state index contributed by atoms with van der Waals surface area (Å²) in [6, 6.07) is 20.6. The van der Waals surface area contributed by atoms with Gasteiger partial charge >= 0.3 is 0 Å². The van der Waals surface area contributed by atoms with E-state index in [4.69, 9.17) is 0 Å². The van der Waals surface area contributed by atoms with Crippen LogP contribution in [0.2, 0.25) is 0 Å². The molecule has 4 aromatic rings. The van der Waals surface area contributed by atoms with E-state index in [1.807, 2.05) is 44.2 Å². The summed E-state index contributed by atoms with van der Waals surface area (Å²) < 4.78 is 1.48. The Bertz CT molecular complexity index is 1700. The van der Waals surface area contributed by atoms with Crippen molar-refractivity contribution in [2.45, 2.75) is 51.9 Å². The highest BCUT2D eigenvalue weighted by Gasteiger charge is 2.33. The molecule has 8 nitrogen and oxygen atoms in total. The van der Waals surface area contributed by atoms with Crippen LogP contribution in [0, 0.1) is 6.92 Å². The van der Waals surface area contributed by atoms with Crippen LogP contribution >= 0.6 is 0 Å². The van der Waals surface area contributed by atoms with Gasteiger partial charge in [0.25, 0.3) is 17.4 Å². The molecule has 2 amide bonds. The Balaban J connectivity index is 1.35. The molecule has 1 heterocycles. The molecule has 0 unspecified atom stereocenters. The van der Waals surface area contributed by atoms with E-state index in [-0.39, 0.29) is 28.6 Å². The first-order valence-corrected chi connectivity index (χ1v) is 14.8. The lowest BCUT2D eigenvalue weighted by atomic mass is 9.66. The first kappa shape index (κ1) is 29.8. The Morgan fingerprint density at radius 2 is 1.67 bits per heavy atom. The van der Waals surface area contributed by atoms with Gasteiger partial charge in [0.1, 0.15) is 0 Å². The zero-order chi connectivity index (χ0) is 30.7. The summed E-state index contributed by atoms with van der Waals surface area (Å²) in [5.41, 5.74) is 5.95. The van der Waals surface area contributed by atoms with Crippen LogP contribution in [-0.4, -0.2) is 39.9 Å². The molecule has 1 aliphatic rings. The van der Waals surface area contributed by atoms with Crippen LogP contribution in [0.3, 0.4) is 0 Å². The summed E-state index contributed by atoms with van der Waals surface area (Å²) in [6.45, 7) is 6.92. The standard InChI is InChI=1S/C35H39N5O3/c1-6-21-39(4)33(42)25-13-17-27(18-14-25)36-31-34(43)40(5)22-30(37-31)28-9-7-10-29(23(28)2)38-32(41)24-11-15-26(16-12-24)35(3)19-8-20-35/h7,9-18,22H,6,8,19-21H2,1-5H3,(H,36,37)(H,38,41). The smallest absolute Gasteiger partial charge is 0.293 e. The van der Waals surface area contributed by atoms with E-state index in [0.717, 1.165) is 17.5 Å². The highest BCUT2D eigenvalue weighted by molar-refractivity contribution is 6.05. The minimum atomic E-state index is -0.284. The number of rotatable bonds is 9. The normalized spacial score (nSPS) is 13.6. The lowest BCUT2D eigenvalue weighted by Gasteiger charge is -2.39. The lowest BCUT2D eigenvalue weighted by Crippen LogP contribution is -2.30. The molecule has 0 atom stereocenters. The molecule has 5 rings (SSSR count). The maximum atomic E-state index is 13.1. The van der Waals surface area contributed by atoms with E-state index in [2.05, 4.69) is 34.7 Å². The van der Waals surface area contributed by atoms with E-state index in [0.29, 0.717) is 34.7 Å². The molecular formula is C35H39N5O3. The van der Waals surface area contributed by atoms with E-state index >= 15 is 0 Å². The number of aromatic nitrogens is 2. The molecule has 222 valence electrons. The number of hydrogen-bond donors (Lipinski definition) is 2. The van der Waals surface area contributed by atoms with Gasteiger partial charge < -0.3 is 20.1 Å². The molecule has 0 radical (unpaired) electrons. The first-order valence-electron chi connectivity index (χ1n) is 14.8. The van der Waals surface area contributed by atoms with Crippen molar-refractivity contribution in [3.63, 3.8) is 0 Å². The number of hydrogen-bond acceptors (Lipinski definition) is 5. The highest BCUT2D eigenvalue weighted by Crippen LogP contribution is 2.43. The van der Waals surface area contributed by atoms with Crippen LogP contribution in [0.5, 0.6) is 0 Å². The van der Waals surface area contributed by atoms with E-state index in [9.17, 15) is 14.4 Å². The summed E-state index contributed by atoms with van der Waals surface area (Å²) in [4.78, 5) is 45.1. The van der Waals surface area contributed by atoms with Crippen LogP contribution in [0.1, 0.15) is 71.4 Å². The van der Waals surface area contributed by atoms with Crippen LogP contribution in [0.4, 0.5) is 17.2 Å². The molecule has 0 bridgehead atoms. The molecule has 0 saturated heterocycles. The predicted octanol–water partition coefficient (Wildman–Crippen LogP) is 6.68. The predicted molar refractivity (Wildman–Crippen MR) is 172 cm³/mol. The summed E-state index contributed by atoms with van der Waals surface area (Å²) in [5.74, 6) is -0.0627. The largest absolute Gasteiger partial charge is 0.342 e. The Morgan fingerprint density at radius 1 is 1.00 bits per heavy atom. The molecule has 1 fully saturated rings. The van der Waals surface area contributed by atoms with Gasteiger partial charge in [0.15, 0.2) is 5.82 Å². The van der Waals surface area contributed by atoms with Gasteiger partial charge in [-0.05, 0) is 85.2 Å². The van der Waals surface area contributed by atoms with Crippen molar-refractivity contribution in [1.82, 2.24) is 14.5 Å². The highest BCUT2D eigenvalue weighted by atomic mass is 16.2. The lowest BCUT2D eigenvalue weighted by molar-refractivity contribution is 0.0795. The Morgan fingerprint density at radius 3 is 2.30 bits per heavy atom. The van der Waals surface area contributed by atoms with E-state index in [1.54, 1.807) is 49.5 Å². The molecule has 3 aromatic carbocycles. The molecule has 0 spiro atoms. The number of benzene rings is 3. The zero-order valence-electron chi connectivity index (χ0n) is 25.5. The third-order valence-electron chi connectivity index (χ3n) is 8.53. The van der Waals surface area contributed by atoms with Gasteiger partial charge in [-0.3, -0.25) is 14.4 Å². The van der Waals surface area contributed by atoms with Gasteiger partial charge in [0.05, 0.1) is 5.69 Å². The Labute approximate surface area is 252 Å². The second kappa shape index (κ2) is 12.3. The van der Waals surface area contributed by atoms with Crippen molar-refractivity contribution in [3.05, 3.63) is 106 Å². The number of anilines is 3. The third kappa shape index (κ3) is 6.23. The average molecular weight is 578 g/mol.